The Labute approximate surface area is 307 Å². The molecule has 0 bridgehead atoms. The Morgan fingerprint density at radius 3 is 1.37 bits per heavy atom. The molecule has 0 aliphatic heterocycles. The van der Waals surface area contributed by atoms with Crippen LogP contribution in [-0.2, 0) is 0 Å². The fourth-order valence-electron chi connectivity index (χ4n) is 8.40. The average molecular weight is 693 g/mol. The molecule has 0 aliphatic carbocycles. The molecule has 7 aromatic carbocycles. The molecule has 0 saturated heterocycles. The lowest BCUT2D eigenvalue weighted by Crippen LogP contribution is -2.11. The smallest absolute Gasteiger partial charge is 0.242 e. The second-order valence-corrected chi connectivity index (χ2v) is 13.6. The van der Waals surface area contributed by atoms with Crippen molar-refractivity contribution in [1.82, 2.24) is 38.0 Å². The molecule has 12 rings (SSSR count). The van der Waals surface area contributed by atoms with E-state index in [4.69, 9.17) is 19.9 Å². The number of imidazole rings is 2. The first-order valence-electron chi connectivity index (χ1n) is 18.0. The Morgan fingerprint density at radius 1 is 0.315 bits per heavy atom. The van der Waals surface area contributed by atoms with E-state index >= 15 is 0 Å². The van der Waals surface area contributed by atoms with Gasteiger partial charge in [-0.2, -0.15) is 15.0 Å². The maximum absolute atomic E-state index is 5.38. The van der Waals surface area contributed by atoms with Crippen molar-refractivity contribution >= 4 is 71.5 Å². The van der Waals surface area contributed by atoms with Gasteiger partial charge in [-0.3, -0.25) is 8.97 Å². The van der Waals surface area contributed by atoms with E-state index in [2.05, 4.69) is 170 Å². The predicted molar refractivity (Wildman–Crippen MR) is 217 cm³/mol. The Kier molecular flexibility index (Phi) is 5.90. The van der Waals surface area contributed by atoms with Gasteiger partial charge in [0.2, 0.25) is 17.7 Å². The van der Waals surface area contributed by atoms with Crippen LogP contribution in [0.1, 0.15) is 0 Å². The van der Waals surface area contributed by atoms with Crippen molar-refractivity contribution in [2.45, 2.75) is 0 Å². The van der Waals surface area contributed by atoms with Gasteiger partial charge in [0.25, 0.3) is 0 Å². The molecule has 5 heterocycles. The van der Waals surface area contributed by atoms with E-state index in [9.17, 15) is 0 Å². The molecule has 0 unspecified atom stereocenters. The maximum atomic E-state index is 5.38. The molecule has 0 atom stereocenters. The summed E-state index contributed by atoms with van der Waals surface area (Å²) in [5.41, 5.74) is 10.0. The minimum Gasteiger partial charge on any atom is -0.309 e. The third-order valence-electron chi connectivity index (χ3n) is 10.7. The summed E-state index contributed by atoms with van der Waals surface area (Å²) < 4.78 is 8.75. The number of rotatable bonds is 4. The summed E-state index contributed by atoms with van der Waals surface area (Å²) in [5.74, 6) is 2.30. The first-order valence-corrected chi connectivity index (χ1v) is 18.0. The number of hydrogen-bond acceptors (Lipinski definition) is 4. The van der Waals surface area contributed by atoms with Crippen molar-refractivity contribution in [1.29, 1.82) is 0 Å². The van der Waals surface area contributed by atoms with Gasteiger partial charge in [-0.05, 0) is 60.7 Å². The summed E-state index contributed by atoms with van der Waals surface area (Å²) in [4.78, 5) is 21.3. The van der Waals surface area contributed by atoms with Gasteiger partial charge in [-0.25, -0.2) is 9.55 Å². The minimum absolute atomic E-state index is 0.482. The molecular weight excluding hydrogens is 665 g/mol. The monoisotopic (exact) mass is 692 g/mol. The molecule has 0 fully saturated rings. The van der Waals surface area contributed by atoms with E-state index in [0.717, 1.165) is 71.9 Å². The number of benzene rings is 7. The summed E-state index contributed by atoms with van der Waals surface area (Å²) in [6, 6.07) is 59.0. The van der Waals surface area contributed by atoms with E-state index in [1.165, 1.54) is 10.8 Å². The van der Waals surface area contributed by atoms with Crippen LogP contribution in [0.25, 0.3) is 100 Å². The molecule has 0 saturated carbocycles. The van der Waals surface area contributed by atoms with Crippen molar-refractivity contribution in [2.24, 2.45) is 0 Å². The zero-order valence-electron chi connectivity index (χ0n) is 28.7. The minimum atomic E-state index is 0.482. The molecule has 54 heavy (non-hydrogen) atoms. The van der Waals surface area contributed by atoms with Gasteiger partial charge in [-0.15, -0.1) is 0 Å². The highest BCUT2D eigenvalue weighted by atomic mass is 15.3. The summed E-state index contributed by atoms with van der Waals surface area (Å²) in [5, 5.41) is 4.65. The van der Waals surface area contributed by atoms with Crippen molar-refractivity contribution in [3.05, 3.63) is 170 Å². The molecular formula is C46H28N8. The van der Waals surface area contributed by atoms with Crippen LogP contribution in [-0.4, -0.2) is 38.0 Å². The van der Waals surface area contributed by atoms with Gasteiger partial charge in [0, 0.05) is 27.1 Å². The Bertz CT molecular complexity index is 3360. The van der Waals surface area contributed by atoms with Crippen LogP contribution in [0.4, 0.5) is 0 Å². The summed E-state index contributed by atoms with van der Waals surface area (Å²) in [7, 11) is 0. The van der Waals surface area contributed by atoms with Crippen molar-refractivity contribution < 1.29 is 0 Å². The zero-order valence-corrected chi connectivity index (χ0v) is 28.7. The van der Waals surface area contributed by atoms with Crippen LogP contribution in [0.5, 0.6) is 0 Å². The van der Waals surface area contributed by atoms with Crippen LogP contribution in [0.3, 0.4) is 0 Å². The molecule has 0 spiro atoms. The lowest BCUT2D eigenvalue weighted by molar-refractivity contribution is 0.884. The first kappa shape index (κ1) is 29.0. The number of hydrogen-bond donors (Lipinski definition) is 0. The van der Waals surface area contributed by atoms with E-state index in [1.54, 1.807) is 0 Å². The second-order valence-electron chi connectivity index (χ2n) is 13.6. The van der Waals surface area contributed by atoms with Gasteiger partial charge in [0.15, 0.2) is 5.82 Å². The number of aromatic nitrogens is 8. The van der Waals surface area contributed by atoms with Gasteiger partial charge >= 0.3 is 0 Å². The molecule has 0 radical (unpaired) electrons. The second kappa shape index (κ2) is 11.0. The highest BCUT2D eigenvalue weighted by molar-refractivity contribution is 6.10. The number of para-hydroxylation sites is 9. The topological polar surface area (TPSA) is 70.8 Å². The van der Waals surface area contributed by atoms with Gasteiger partial charge < -0.3 is 4.57 Å². The third kappa shape index (κ3) is 3.96. The predicted octanol–water partition coefficient (Wildman–Crippen LogP) is 10.5. The SMILES string of the molecule is c1ccc(-n2c3ccccc3c3ccccc32)c(-c2nc(-n3c4ccccc4c4ccccc43)nc(-n3c4ccccc4n4c5ccccc5nc34)n2)c1. The maximum Gasteiger partial charge on any atom is 0.242 e. The van der Waals surface area contributed by atoms with Crippen LogP contribution in [0.15, 0.2) is 170 Å². The third-order valence-corrected chi connectivity index (χ3v) is 10.7. The van der Waals surface area contributed by atoms with Gasteiger partial charge in [-0.1, -0.05) is 109 Å². The highest BCUT2D eigenvalue weighted by Crippen LogP contribution is 2.37. The number of nitrogens with zero attached hydrogens (tertiary/aromatic N) is 8. The Balaban J connectivity index is 1.22. The summed E-state index contributed by atoms with van der Waals surface area (Å²) in [6.45, 7) is 0. The van der Waals surface area contributed by atoms with E-state index < -0.39 is 0 Å². The Morgan fingerprint density at radius 2 is 0.759 bits per heavy atom. The molecule has 0 amide bonds. The lowest BCUT2D eigenvalue weighted by atomic mass is 10.1. The zero-order chi connectivity index (χ0) is 35.3. The fraction of sp³-hybridized carbons (Fsp3) is 0. The average Bonchev–Trinajstić information content (AvgIpc) is 3.96. The molecule has 8 heteroatoms. The molecule has 5 aromatic heterocycles. The molecule has 252 valence electrons. The first-order chi connectivity index (χ1) is 26.8. The van der Waals surface area contributed by atoms with Crippen molar-refractivity contribution in [3.63, 3.8) is 0 Å². The van der Waals surface area contributed by atoms with Crippen LogP contribution >= 0.6 is 0 Å². The highest BCUT2D eigenvalue weighted by Gasteiger charge is 2.24. The molecule has 12 aromatic rings. The molecule has 8 nitrogen and oxygen atoms in total. The normalized spacial score (nSPS) is 12.1. The number of fused-ring (bicyclic) bond motifs is 11. The standard InChI is InChI=1S/C46H28N8/c1-7-21-35-29(15-1)30-16-2-8-22-36(30)51(35)39-25-11-5-19-33(39)43-48-44(52-37-23-9-3-17-31(37)32-18-4-10-24-38(32)52)50-45(49-43)54-42-28-14-13-27-41(42)53-40-26-12-6-20-34(40)47-46(53)54/h1-28H. The Hall–Kier alpha value is -7.58. The summed E-state index contributed by atoms with van der Waals surface area (Å²) in [6.07, 6.45) is 0. The fourth-order valence-corrected chi connectivity index (χ4v) is 8.40. The van der Waals surface area contributed by atoms with E-state index in [0.29, 0.717) is 17.7 Å². The van der Waals surface area contributed by atoms with Crippen LogP contribution < -0.4 is 0 Å². The van der Waals surface area contributed by atoms with Crippen molar-refractivity contribution in [3.8, 4) is 29.0 Å². The van der Waals surface area contributed by atoms with Gasteiger partial charge in [0.1, 0.15) is 0 Å². The largest absolute Gasteiger partial charge is 0.309 e. The van der Waals surface area contributed by atoms with Crippen LogP contribution in [0.2, 0.25) is 0 Å². The van der Waals surface area contributed by atoms with Crippen LogP contribution in [0, 0.1) is 0 Å². The van der Waals surface area contributed by atoms with E-state index in [1.807, 2.05) is 18.2 Å². The quantitative estimate of drug-likeness (QED) is 0.184. The summed E-state index contributed by atoms with van der Waals surface area (Å²) >= 11 is 0. The van der Waals surface area contributed by atoms with E-state index in [-0.39, 0.29) is 0 Å². The van der Waals surface area contributed by atoms with Crippen molar-refractivity contribution in [2.75, 3.05) is 0 Å². The molecule has 0 aliphatic rings. The lowest BCUT2D eigenvalue weighted by Gasteiger charge is -2.15. The van der Waals surface area contributed by atoms with Gasteiger partial charge in [0.05, 0.1) is 49.8 Å². The molecule has 0 N–H and O–H groups in total.